The third-order valence-corrected chi connectivity index (χ3v) is 5.50. The van der Waals surface area contributed by atoms with Gasteiger partial charge in [0.15, 0.2) is 0 Å². The summed E-state index contributed by atoms with van der Waals surface area (Å²) >= 11 is 0. The van der Waals surface area contributed by atoms with Crippen LogP contribution in [0.1, 0.15) is 23.5 Å². The molecule has 1 aliphatic carbocycles. The number of amides is 2. The summed E-state index contributed by atoms with van der Waals surface area (Å²) < 4.78 is 14.8. The highest BCUT2D eigenvalue weighted by Gasteiger charge is 2.31. The lowest BCUT2D eigenvalue weighted by Crippen LogP contribution is -2.54. The average molecular weight is 470 g/mol. The summed E-state index contributed by atoms with van der Waals surface area (Å²) in [6.07, 6.45) is -1.43. The fourth-order valence-electron chi connectivity index (χ4n) is 3.85. The monoisotopic (exact) mass is 470 g/mol. The standard InChI is InChI=1S/C24H26N2O8/c1-32-13-20(22(28)25-19(23(29)30)11-21(27)33-2)26-24(31)34-12-18-16-9-5-3-7-14(16)15-8-4-6-10-17(15)18/h3-10,18-20H,11-13H2,1-2H3,(H,25,28)(H,26,31)(H,29,30)/t19-,20+/m1/s1. The topological polar surface area (TPSA) is 140 Å². The summed E-state index contributed by atoms with van der Waals surface area (Å²) in [5, 5.41) is 13.9. The van der Waals surface area contributed by atoms with Crippen molar-refractivity contribution in [3.8, 4) is 11.1 Å². The summed E-state index contributed by atoms with van der Waals surface area (Å²) in [6.45, 7) is -0.193. The minimum absolute atomic E-state index is 0.0429. The predicted octanol–water partition coefficient (Wildman–Crippen LogP) is 1.67. The fourth-order valence-corrected chi connectivity index (χ4v) is 3.85. The van der Waals surface area contributed by atoms with Gasteiger partial charge in [0.2, 0.25) is 5.91 Å². The molecule has 0 bridgehead atoms. The van der Waals surface area contributed by atoms with Gasteiger partial charge in [-0.3, -0.25) is 9.59 Å². The number of carbonyl (C=O) groups excluding carboxylic acids is 3. The Morgan fingerprint density at radius 3 is 2.03 bits per heavy atom. The van der Waals surface area contributed by atoms with Crippen LogP contribution in [0.2, 0.25) is 0 Å². The molecule has 2 atom stereocenters. The van der Waals surface area contributed by atoms with Crippen LogP contribution in [-0.2, 0) is 28.6 Å². The van der Waals surface area contributed by atoms with Crippen molar-refractivity contribution in [2.24, 2.45) is 0 Å². The highest BCUT2D eigenvalue weighted by atomic mass is 16.5. The maximum absolute atomic E-state index is 12.6. The van der Waals surface area contributed by atoms with Crippen molar-refractivity contribution in [2.75, 3.05) is 27.4 Å². The molecule has 180 valence electrons. The van der Waals surface area contributed by atoms with E-state index in [9.17, 15) is 24.3 Å². The Balaban J connectivity index is 1.63. The molecule has 10 heteroatoms. The first kappa shape index (κ1) is 24.7. The Hall–Kier alpha value is -3.92. The molecule has 0 fully saturated rings. The zero-order valence-electron chi connectivity index (χ0n) is 18.8. The lowest BCUT2D eigenvalue weighted by Gasteiger charge is -2.21. The summed E-state index contributed by atoms with van der Waals surface area (Å²) in [7, 11) is 2.43. The van der Waals surface area contributed by atoms with E-state index in [1.807, 2.05) is 48.5 Å². The second kappa shape index (κ2) is 11.3. The van der Waals surface area contributed by atoms with Crippen LogP contribution in [0.25, 0.3) is 11.1 Å². The van der Waals surface area contributed by atoms with E-state index in [1.165, 1.54) is 7.11 Å². The van der Waals surface area contributed by atoms with Crippen LogP contribution in [0.3, 0.4) is 0 Å². The molecule has 0 saturated carbocycles. The van der Waals surface area contributed by atoms with Crippen LogP contribution in [0.4, 0.5) is 4.79 Å². The molecule has 0 heterocycles. The van der Waals surface area contributed by atoms with Gasteiger partial charge in [-0.1, -0.05) is 48.5 Å². The molecule has 2 amide bonds. The summed E-state index contributed by atoms with van der Waals surface area (Å²) in [5.74, 6) is -3.23. The molecule has 3 rings (SSSR count). The van der Waals surface area contributed by atoms with Crippen LogP contribution in [0.15, 0.2) is 48.5 Å². The van der Waals surface area contributed by atoms with E-state index in [1.54, 1.807) is 0 Å². The highest BCUT2D eigenvalue weighted by Crippen LogP contribution is 2.44. The van der Waals surface area contributed by atoms with Crippen LogP contribution < -0.4 is 10.6 Å². The van der Waals surface area contributed by atoms with Crippen LogP contribution in [0.5, 0.6) is 0 Å². The molecular weight excluding hydrogens is 444 g/mol. The number of fused-ring (bicyclic) bond motifs is 3. The number of hydrogen-bond acceptors (Lipinski definition) is 7. The lowest BCUT2D eigenvalue weighted by atomic mass is 9.98. The van der Waals surface area contributed by atoms with Gasteiger partial charge >= 0.3 is 18.0 Å². The summed E-state index contributed by atoms with van der Waals surface area (Å²) in [4.78, 5) is 47.9. The molecule has 3 N–H and O–H groups in total. The van der Waals surface area contributed by atoms with Crippen LogP contribution in [-0.4, -0.2) is 68.6 Å². The van der Waals surface area contributed by atoms with Crippen molar-refractivity contribution in [1.82, 2.24) is 10.6 Å². The third-order valence-electron chi connectivity index (χ3n) is 5.50. The van der Waals surface area contributed by atoms with E-state index in [0.29, 0.717) is 0 Å². The van der Waals surface area contributed by atoms with Gasteiger partial charge in [0.1, 0.15) is 18.7 Å². The summed E-state index contributed by atoms with van der Waals surface area (Å²) in [5.41, 5.74) is 4.23. The normalized spacial score (nSPS) is 13.7. The molecule has 34 heavy (non-hydrogen) atoms. The van der Waals surface area contributed by atoms with Crippen molar-refractivity contribution in [1.29, 1.82) is 0 Å². The Morgan fingerprint density at radius 1 is 0.912 bits per heavy atom. The number of carboxylic acids is 1. The quantitative estimate of drug-likeness (QED) is 0.446. The molecule has 0 aromatic heterocycles. The lowest BCUT2D eigenvalue weighted by molar-refractivity contribution is -0.149. The summed E-state index contributed by atoms with van der Waals surface area (Å²) in [6, 6.07) is 13.0. The Labute approximate surface area is 196 Å². The van der Waals surface area contributed by atoms with Gasteiger partial charge in [-0.15, -0.1) is 0 Å². The number of alkyl carbamates (subject to hydrolysis) is 1. The fraction of sp³-hybridized carbons (Fsp3) is 0.333. The molecule has 0 radical (unpaired) electrons. The van der Waals surface area contributed by atoms with Gasteiger partial charge in [-0.2, -0.15) is 0 Å². The highest BCUT2D eigenvalue weighted by molar-refractivity contribution is 5.91. The van der Waals surface area contributed by atoms with Gasteiger partial charge in [0.25, 0.3) is 0 Å². The first-order valence-electron chi connectivity index (χ1n) is 10.6. The molecule has 2 aromatic rings. The second-order valence-electron chi connectivity index (χ2n) is 7.66. The van der Waals surface area contributed by atoms with E-state index in [0.717, 1.165) is 29.4 Å². The average Bonchev–Trinajstić information content (AvgIpc) is 3.15. The smallest absolute Gasteiger partial charge is 0.407 e. The Bertz CT molecular complexity index is 1020. The number of carboxylic acid groups (broad SMARTS) is 1. The minimum atomic E-state index is -1.52. The third kappa shape index (κ3) is 5.70. The Kier molecular flexibility index (Phi) is 8.20. The predicted molar refractivity (Wildman–Crippen MR) is 120 cm³/mol. The van der Waals surface area contributed by atoms with E-state index < -0.39 is 42.4 Å². The van der Waals surface area contributed by atoms with Gasteiger partial charge in [0.05, 0.1) is 20.1 Å². The zero-order chi connectivity index (χ0) is 24.7. The number of aliphatic carboxylic acids is 1. The van der Waals surface area contributed by atoms with E-state index >= 15 is 0 Å². The van der Waals surface area contributed by atoms with Crippen molar-refractivity contribution < 1.29 is 38.5 Å². The number of carbonyl (C=O) groups is 4. The number of rotatable bonds is 10. The van der Waals surface area contributed by atoms with Gasteiger partial charge in [0, 0.05) is 13.0 Å². The molecular formula is C24H26N2O8. The maximum Gasteiger partial charge on any atom is 0.407 e. The number of benzene rings is 2. The van der Waals surface area contributed by atoms with Gasteiger partial charge in [-0.05, 0) is 22.3 Å². The Morgan fingerprint density at radius 2 is 1.50 bits per heavy atom. The van der Waals surface area contributed by atoms with E-state index in [4.69, 9.17) is 9.47 Å². The van der Waals surface area contributed by atoms with Crippen molar-refractivity contribution in [2.45, 2.75) is 24.4 Å². The first-order chi connectivity index (χ1) is 16.3. The van der Waals surface area contributed by atoms with Crippen molar-refractivity contribution in [3.63, 3.8) is 0 Å². The number of methoxy groups -OCH3 is 2. The number of ether oxygens (including phenoxy) is 3. The van der Waals surface area contributed by atoms with Crippen molar-refractivity contribution >= 4 is 23.9 Å². The number of nitrogens with one attached hydrogen (secondary N) is 2. The molecule has 0 unspecified atom stereocenters. The second-order valence-corrected chi connectivity index (χ2v) is 7.66. The SMILES string of the molecule is COC[C@H](NC(=O)OCC1c2ccccc2-c2ccccc21)C(=O)N[C@H](CC(=O)OC)C(=O)O. The molecule has 0 aliphatic heterocycles. The van der Waals surface area contributed by atoms with E-state index in [-0.39, 0.29) is 19.1 Å². The van der Waals surface area contributed by atoms with Gasteiger partial charge < -0.3 is 30.0 Å². The number of hydrogen-bond donors (Lipinski definition) is 3. The minimum Gasteiger partial charge on any atom is -0.480 e. The first-order valence-corrected chi connectivity index (χ1v) is 10.6. The van der Waals surface area contributed by atoms with Crippen molar-refractivity contribution in [3.05, 3.63) is 59.7 Å². The molecule has 10 nitrogen and oxygen atoms in total. The largest absolute Gasteiger partial charge is 0.480 e. The zero-order valence-corrected chi connectivity index (χ0v) is 18.8. The maximum atomic E-state index is 12.6. The molecule has 1 aliphatic rings. The van der Waals surface area contributed by atoms with Crippen LogP contribution in [0, 0.1) is 0 Å². The number of esters is 1. The van der Waals surface area contributed by atoms with Crippen LogP contribution >= 0.6 is 0 Å². The molecule has 0 spiro atoms. The molecule has 0 saturated heterocycles. The molecule has 2 aromatic carbocycles. The van der Waals surface area contributed by atoms with E-state index in [2.05, 4.69) is 15.4 Å². The van der Waals surface area contributed by atoms with Gasteiger partial charge in [-0.25, -0.2) is 9.59 Å².